The Morgan fingerprint density at radius 1 is 1.27 bits per heavy atom. The molecule has 0 aromatic heterocycles. The van der Waals surface area contributed by atoms with Crippen molar-refractivity contribution in [3.63, 3.8) is 0 Å². The van der Waals surface area contributed by atoms with Crippen molar-refractivity contribution in [2.75, 3.05) is 53.0 Å². The molecule has 22 heavy (non-hydrogen) atoms. The molecule has 0 aromatic rings. The lowest BCUT2D eigenvalue weighted by atomic mass is 9.84. The second-order valence-corrected chi connectivity index (χ2v) is 6.15. The van der Waals surface area contributed by atoms with E-state index in [2.05, 4.69) is 10.2 Å². The molecule has 2 aliphatic rings. The Bertz CT molecular complexity index is 379. The van der Waals surface area contributed by atoms with Crippen LogP contribution < -0.4 is 11.1 Å². The van der Waals surface area contributed by atoms with E-state index in [1.807, 2.05) is 4.90 Å². The van der Waals surface area contributed by atoms with E-state index in [1.165, 1.54) is 13.5 Å². The molecular weight excluding hydrogens is 284 g/mol. The lowest BCUT2D eigenvalue weighted by Crippen LogP contribution is -2.53. The Balaban J connectivity index is 1.59. The average Bonchev–Trinajstić information content (AvgIpc) is 2.46. The zero-order valence-corrected chi connectivity index (χ0v) is 13.4. The number of nitrogens with one attached hydrogen (secondary N) is 1. The van der Waals surface area contributed by atoms with E-state index in [9.17, 15) is 9.59 Å². The van der Waals surface area contributed by atoms with Crippen LogP contribution in [0.25, 0.3) is 0 Å². The van der Waals surface area contributed by atoms with Crippen LogP contribution in [-0.2, 0) is 14.3 Å². The first-order chi connectivity index (χ1) is 10.6. The highest BCUT2D eigenvalue weighted by molar-refractivity contribution is 5.81. The van der Waals surface area contributed by atoms with Gasteiger partial charge in [-0.1, -0.05) is 6.42 Å². The Morgan fingerprint density at radius 3 is 2.50 bits per heavy atom. The second kappa shape index (κ2) is 8.45. The molecule has 7 heteroatoms. The number of carbonyl (C=O) groups is 2. The van der Waals surface area contributed by atoms with Crippen LogP contribution in [0.2, 0.25) is 0 Å². The standard InChI is InChI=1S/C15H28N4O3/c1-22-11-13(16)14(20)17-5-6-18-7-9-19(10-8-18)15(21)12-3-2-4-12/h12-13H,2-11,16H2,1H3,(H,17,20). The van der Waals surface area contributed by atoms with Crippen molar-refractivity contribution in [3.05, 3.63) is 0 Å². The lowest BCUT2D eigenvalue weighted by Gasteiger charge is -2.38. The summed E-state index contributed by atoms with van der Waals surface area (Å²) in [5, 5.41) is 2.82. The summed E-state index contributed by atoms with van der Waals surface area (Å²) in [6.45, 7) is 4.94. The molecule has 0 aromatic carbocycles. The third-order valence-electron chi connectivity index (χ3n) is 4.55. The molecule has 2 fully saturated rings. The minimum Gasteiger partial charge on any atom is -0.383 e. The first-order valence-corrected chi connectivity index (χ1v) is 8.15. The van der Waals surface area contributed by atoms with E-state index >= 15 is 0 Å². The van der Waals surface area contributed by atoms with E-state index in [0.717, 1.165) is 45.6 Å². The first kappa shape index (κ1) is 17.2. The molecule has 2 amide bonds. The number of hydrogen-bond acceptors (Lipinski definition) is 5. The number of amides is 2. The first-order valence-electron chi connectivity index (χ1n) is 8.15. The van der Waals surface area contributed by atoms with Crippen LogP contribution in [-0.4, -0.2) is 80.6 Å². The molecule has 1 atom stereocenters. The normalized spacial score (nSPS) is 21.3. The Hall–Kier alpha value is -1.18. The largest absolute Gasteiger partial charge is 0.383 e. The van der Waals surface area contributed by atoms with Crippen molar-refractivity contribution >= 4 is 11.8 Å². The van der Waals surface area contributed by atoms with Crippen LogP contribution in [0.3, 0.4) is 0 Å². The van der Waals surface area contributed by atoms with Gasteiger partial charge in [-0.3, -0.25) is 14.5 Å². The predicted octanol–water partition coefficient (Wildman–Crippen LogP) is -0.979. The van der Waals surface area contributed by atoms with Gasteiger partial charge in [0.1, 0.15) is 6.04 Å². The minimum absolute atomic E-state index is 0.180. The summed E-state index contributed by atoms with van der Waals surface area (Å²) in [6, 6.07) is -0.609. The molecule has 126 valence electrons. The number of nitrogens with zero attached hydrogens (tertiary/aromatic N) is 2. The van der Waals surface area contributed by atoms with Gasteiger partial charge in [0.15, 0.2) is 0 Å². The van der Waals surface area contributed by atoms with Crippen molar-refractivity contribution in [2.24, 2.45) is 11.7 Å². The molecular formula is C15H28N4O3. The van der Waals surface area contributed by atoms with Gasteiger partial charge in [-0.15, -0.1) is 0 Å². The molecule has 3 N–H and O–H groups in total. The quantitative estimate of drug-likeness (QED) is 0.631. The van der Waals surface area contributed by atoms with Gasteiger partial charge in [0.25, 0.3) is 0 Å². The van der Waals surface area contributed by atoms with Gasteiger partial charge in [0.05, 0.1) is 6.61 Å². The second-order valence-electron chi connectivity index (χ2n) is 6.15. The van der Waals surface area contributed by atoms with Crippen LogP contribution in [0.1, 0.15) is 19.3 Å². The highest BCUT2D eigenvalue weighted by atomic mass is 16.5. The van der Waals surface area contributed by atoms with Crippen LogP contribution in [0.5, 0.6) is 0 Å². The average molecular weight is 312 g/mol. The van der Waals surface area contributed by atoms with Gasteiger partial charge in [-0.2, -0.15) is 0 Å². The summed E-state index contributed by atoms with van der Waals surface area (Å²) in [6.07, 6.45) is 3.32. The fourth-order valence-corrected chi connectivity index (χ4v) is 2.83. The topological polar surface area (TPSA) is 87.9 Å². The van der Waals surface area contributed by atoms with E-state index in [4.69, 9.17) is 10.5 Å². The number of rotatable bonds is 7. The highest BCUT2D eigenvalue weighted by Gasteiger charge is 2.31. The van der Waals surface area contributed by atoms with E-state index in [-0.39, 0.29) is 18.4 Å². The number of methoxy groups -OCH3 is 1. The van der Waals surface area contributed by atoms with Crippen LogP contribution >= 0.6 is 0 Å². The van der Waals surface area contributed by atoms with E-state index < -0.39 is 6.04 Å². The molecule has 1 aliphatic carbocycles. The molecule has 0 bridgehead atoms. The summed E-state index contributed by atoms with van der Waals surface area (Å²) < 4.78 is 4.85. The molecule has 0 spiro atoms. The number of piperazine rings is 1. The summed E-state index contributed by atoms with van der Waals surface area (Å²) in [5.41, 5.74) is 5.65. The third-order valence-corrected chi connectivity index (χ3v) is 4.55. The van der Waals surface area contributed by atoms with Gasteiger partial charge in [0.2, 0.25) is 11.8 Å². The Labute approximate surface area is 132 Å². The van der Waals surface area contributed by atoms with Gasteiger partial charge in [-0.25, -0.2) is 0 Å². The van der Waals surface area contributed by atoms with Crippen LogP contribution in [0.4, 0.5) is 0 Å². The van der Waals surface area contributed by atoms with E-state index in [1.54, 1.807) is 0 Å². The molecule has 7 nitrogen and oxygen atoms in total. The summed E-state index contributed by atoms with van der Waals surface area (Å²) in [4.78, 5) is 28.1. The van der Waals surface area contributed by atoms with Crippen LogP contribution in [0.15, 0.2) is 0 Å². The third kappa shape index (κ3) is 4.66. The van der Waals surface area contributed by atoms with Crippen molar-refractivity contribution in [1.29, 1.82) is 0 Å². The molecule has 1 unspecified atom stereocenters. The van der Waals surface area contributed by atoms with Crippen molar-refractivity contribution in [1.82, 2.24) is 15.1 Å². The zero-order valence-electron chi connectivity index (χ0n) is 13.4. The monoisotopic (exact) mass is 312 g/mol. The molecule has 1 saturated heterocycles. The summed E-state index contributed by atoms with van der Waals surface area (Å²) in [5.74, 6) is 0.443. The number of carbonyl (C=O) groups excluding carboxylic acids is 2. The molecule has 2 rings (SSSR count). The van der Waals surface area contributed by atoms with Crippen molar-refractivity contribution in [3.8, 4) is 0 Å². The molecule has 1 aliphatic heterocycles. The van der Waals surface area contributed by atoms with Crippen LogP contribution in [0, 0.1) is 5.92 Å². The maximum atomic E-state index is 12.2. The highest BCUT2D eigenvalue weighted by Crippen LogP contribution is 2.28. The predicted molar refractivity (Wildman–Crippen MR) is 83.2 cm³/mol. The fraction of sp³-hybridized carbons (Fsp3) is 0.867. The number of ether oxygens (including phenoxy) is 1. The minimum atomic E-state index is -0.609. The number of nitrogens with two attached hydrogens (primary N) is 1. The van der Waals surface area contributed by atoms with Crippen molar-refractivity contribution < 1.29 is 14.3 Å². The van der Waals surface area contributed by atoms with E-state index in [0.29, 0.717) is 12.5 Å². The SMILES string of the molecule is COCC(N)C(=O)NCCN1CCN(C(=O)C2CCC2)CC1. The van der Waals surface area contributed by atoms with Gasteiger partial charge in [-0.05, 0) is 12.8 Å². The zero-order chi connectivity index (χ0) is 15.9. The maximum absolute atomic E-state index is 12.2. The summed E-state index contributed by atoms with van der Waals surface area (Å²) in [7, 11) is 1.53. The van der Waals surface area contributed by atoms with Gasteiger partial charge < -0.3 is 20.7 Å². The number of hydrogen-bond donors (Lipinski definition) is 2. The molecule has 1 heterocycles. The Kier molecular flexibility index (Phi) is 6.60. The lowest BCUT2D eigenvalue weighted by molar-refractivity contribution is -0.139. The Morgan fingerprint density at radius 2 is 1.95 bits per heavy atom. The molecule has 1 saturated carbocycles. The summed E-state index contributed by atoms with van der Waals surface area (Å²) >= 11 is 0. The van der Waals surface area contributed by atoms with Gasteiger partial charge >= 0.3 is 0 Å². The maximum Gasteiger partial charge on any atom is 0.239 e. The fourth-order valence-electron chi connectivity index (χ4n) is 2.83. The van der Waals surface area contributed by atoms with Crippen molar-refractivity contribution in [2.45, 2.75) is 25.3 Å². The molecule has 0 radical (unpaired) electrons. The smallest absolute Gasteiger partial charge is 0.239 e. The van der Waals surface area contributed by atoms with Gasteiger partial charge in [0, 0.05) is 52.3 Å².